The van der Waals surface area contributed by atoms with Gasteiger partial charge in [-0.1, -0.05) is 79.7 Å². The van der Waals surface area contributed by atoms with E-state index in [2.05, 4.69) is 5.32 Å². The summed E-state index contributed by atoms with van der Waals surface area (Å²) in [6.45, 7) is 2.93. The summed E-state index contributed by atoms with van der Waals surface area (Å²) in [7, 11) is 1.62. The number of aryl methyl sites for hydroxylation is 1. The van der Waals surface area contributed by atoms with E-state index in [9.17, 15) is 9.59 Å². The Labute approximate surface area is 202 Å². The maximum Gasteiger partial charge on any atom is 0.243 e. The van der Waals surface area contributed by atoms with Gasteiger partial charge < -0.3 is 15.0 Å². The van der Waals surface area contributed by atoms with Crippen molar-refractivity contribution in [3.8, 4) is 5.75 Å². The van der Waals surface area contributed by atoms with Crippen LogP contribution >= 0.6 is 0 Å². The molecule has 3 rings (SSSR count). The molecule has 178 valence electrons. The van der Waals surface area contributed by atoms with Crippen molar-refractivity contribution in [1.82, 2.24) is 10.2 Å². The van der Waals surface area contributed by atoms with Crippen molar-refractivity contribution >= 4 is 11.8 Å². The van der Waals surface area contributed by atoms with Gasteiger partial charge in [-0.3, -0.25) is 9.59 Å². The molecule has 0 heterocycles. The Hall–Kier alpha value is -3.60. The Morgan fingerprint density at radius 1 is 0.882 bits per heavy atom. The number of rotatable bonds is 12. The zero-order valence-electron chi connectivity index (χ0n) is 20.1. The molecule has 1 atom stereocenters. The standard InChI is InChI=1S/C29H34N2O3/c1-3-19-30-29(33)27(21-24-13-8-5-9-14-24)31(22-25-15-10-16-26(20-25)34-2)28(32)18-17-23-11-6-4-7-12-23/h4-16,20,27H,3,17-19,21-22H2,1-2H3,(H,30,33)/t27-/m0/s1. The first-order valence-corrected chi connectivity index (χ1v) is 11.9. The lowest BCUT2D eigenvalue weighted by Gasteiger charge is -2.32. The molecule has 34 heavy (non-hydrogen) atoms. The number of ether oxygens (including phenoxy) is 1. The van der Waals surface area contributed by atoms with Gasteiger partial charge in [-0.25, -0.2) is 0 Å². The van der Waals surface area contributed by atoms with Gasteiger partial charge in [0.15, 0.2) is 0 Å². The highest BCUT2D eigenvalue weighted by Crippen LogP contribution is 2.19. The molecule has 3 aromatic rings. The summed E-state index contributed by atoms with van der Waals surface area (Å²) in [5.41, 5.74) is 3.05. The van der Waals surface area contributed by atoms with Crippen LogP contribution in [0.5, 0.6) is 5.75 Å². The molecule has 0 radical (unpaired) electrons. The molecule has 1 N–H and O–H groups in total. The van der Waals surface area contributed by atoms with Crippen molar-refractivity contribution in [3.05, 3.63) is 102 Å². The first kappa shape index (κ1) is 25.0. The largest absolute Gasteiger partial charge is 0.497 e. The molecular weight excluding hydrogens is 424 g/mol. The molecule has 0 aliphatic carbocycles. The Kier molecular flexibility index (Phi) is 9.71. The molecule has 3 aromatic carbocycles. The number of hydrogen-bond donors (Lipinski definition) is 1. The molecule has 5 heteroatoms. The third-order valence-electron chi connectivity index (χ3n) is 5.78. The van der Waals surface area contributed by atoms with Gasteiger partial charge in [0.1, 0.15) is 11.8 Å². The zero-order chi connectivity index (χ0) is 24.2. The lowest BCUT2D eigenvalue weighted by Crippen LogP contribution is -2.50. The molecular formula is C29H34N2O3. The van der Waals surface area contributed by atoms with Crippen LogP contribution in [0.3, 0.4) is 0 Å². The maximum atomic E-state index is 13.6. The van der Waals surface area contributed by atoms with Gasteiger partial charge in [0.2, 0.25) is 11.8 Å². The summed E-state index contributed by atoms with van der Waals surface area (Å²) >= 11 is 0. The Morgan fingerprint density at radius 3 is 2.18 bits per heavy atom. The van der Waals surface area contributed by atoms with E-state index >= 15 is 0 Å². The van der Waals surface area contributed by atoms with Crippen LogP contribution in [0.2, 0.25) is 0 Å². The minimum absolute atomic E-state index is 0.0424. The SMILES string of the molecule is CCCNC(=O)[C@H](Cc1ccccc1)N(Cc1cccc(OC)c1)C(=O)CCc1ccccc1. The van der Waals surface area contributed by atoms with Crippen LogP contribution in [0.1, 0.15) is 36.5 Å². The number of carbonyl (C=O) groups is 2. The van der Waals surface area contributed by atoms with Crippen molar-refractivity contribution in [2.24, 2.45) is 0 Å². The van der Waals surface area contributed by atoms with E-state index in [1.807, 2.05) is 91.9 Å². The summed E-state index contributed by atoms with van der Waals surface area (Å²) < 4.78 is 5.38. The molecule has 0 aromatic heterocycles. The number of nitrogens with one attached hydrogen (secondary N) is 1. The summed E-state index contributed by atoms with van der Waals surface area (Å²) in [5.74, 6) is 0.560. The van der Waals surface area contributed by atoms with E-state index in [-0.39, 0.29) is 11.8 Å². The van der Waals surface area contributed by atoms with Gasteiger partial charge >= 0.3 is 0 Å². The van der Waals surface area contributed by atoms with Gasteiger partial charge in [0.25, 0.3) is 0 Å². The van der Waals surface area contributed by atoms with E-state index in [1.54, 1.807) is 12.0 Å². The first-order valence-electron chi connectivity index (χ1n) is 11.9. The fraction of sp³-hybridized carbons (Fsp3) is 0.310. The zero-order valence-corrected chi connectivity index (χ0v) is 20.1. The monoisotopic (exact) mass is 458 g/mol. The normalized spacial score (nSPS) is 11.5. The van der Waals surface area contributed by atoms with E-state index in [1.165, 1.54) is 0 Å². The summed E-state index contributed by atoms with van der Waals surface area (Å²) in [6, 6.07) is 26.9. The van der Waals surface area contributed by atoms with E-state index in [4.69, 9.17) is 4.74 Å². The molecule has 0 spiro atoms. The highest BCUT2D eigenvalue weighted by atomic mass is 16.5. The van der Waals surface area contributed by atoms with E-state index in [0.717, 1.165) is 28.9 Å². The van der Waals surface area contributed by atoms with Crippen LogP contribution in [-0.4, -0.2) is 36.4 Å². The van der Waals surface area contributed by atoms with Crippen molar-refractivity contribution in [3.63, 3.8) is 0 Å². The topological polar surface area (TPSA) is 58.6 Å². The van der Waals surface area contributed by atoms with E-state index < -0.39 is 6.04 Å². The van der Waals surface area contributed by atoms with Crippen LogP contribution in [0, 0.1) is 0 Å². The maximum absolute atomic E-state index is 13.6. The third kappa shape index (κ3) is 7.48. The van der Waals surface area contributed by atoms with Gasteiger partial charge in [-0.05, 0) is 41.7 Å². The van der Waals surface area contributed by atoms with Gasteiger partial charge in [0.05, 0.1) is 7.11 Å². The molecule has 0 bridgehead atoms. The third-order valence-corrected chi connectivity index (χ3v) is 5.78. The van der Waals surface area contributed by atoms with Crippen LogP contribution in [0.25, 0.3) is 0 Å². The van der Waals surface area contributed by atoms with Gasteiger partial charge in [0, 0.05) is 25.9 Å². The number of carbonyl (C=O) groups excluding carboxylic acids is 2. The number of nitrogens with zero attached hydrogens (tertiary/aromatic N) is 1. The van der Waals surface area contributed by atoms with Crippen molar-refractivity contribution in [2.75, 3.05) is 13.7 Å². The number of benzene rings is 3. The van der Waals surface area contributed by atoms with Crippen LogP contribution < -0.4 is 10.1 Å². The molecule has 0 aliphatic heterocycles. The molecule has 0 saturated carbocycles. The van der Waals surface area contributed by atoms with Crippen molar-refractivity contribution in [2.45, 2.75) is 45.2 Å². The van der Waals surface area contributed by atoms with Crippen LogP contribution in [0.4, 0.5) is 0 Å². The predicted octanol–water partition coefficient (Wildman–Crippen LogP) is 4.79. The lowest BCUT2D eigenvalue weighted by molar-refractivity contribution is -0.141. The van der Waals surface area contributed by atoms with Gasteiger partial charge in [-0.15, -0.1) is 0 Å². The number of hydrogen-bond acceptors (Lipinski definition) is 3. The fourth-order valence-electron chi connectivity index (χ4n) is 3.93. The summed E-state index contributed by atoms with van der Waals surface area (Å²) in [5, 5.41) is 3.01. The minimum atomic E-state index is -0.608. The molecule has 2 amide bonds. The van der Waals surface area contributed by atoms with Crippen LogP contribution in [0.15, 0.2) is 84.9 Å². The lowest BCUT2D eigenvalue weighted by atomic mass is 10.0. The highest BCUT2D eigenvalue weighted by Gasteiger charge is 2.30. The van der Waals surface area contributed by atoms with Gasteiger partial charge in [-0.2, -0.15) is 0 Å². The van der Waals surface area contributed by atoms with Crippen molar-refractivity contribution < 1.29 is 14.3 Å². The average Bonchev–Trinajstić information content (AvgIpc) is 2.89. The quantitative estimate of drug-likeness (QED) is 0.424. The second-order valence-electron chi connectivity index (χ2n) is 8.36. The summed E-state index contributed by atoms with van der Waals surface area (Å²) in [4.78, 5) is 28.6. The molecule has 5 nitrogen and oxygen atoms in total. The van der Waals surface area contributed by atoms with Crippen LogP contribution in [-0.2, 0) is 29.0 Å². The molecule has 0 fully saturated rings. The number of methoxy groups -OCH3 is 1. The smallest absolute Gasteiger partial charge is 0.243 e. The fourth-order valence-corrected chi connectivity index (χ4v) is 3.93. The first-order chi connectivity index (χ1) is 16.6. The van der Waals surface area contributed by atoms with Crippen molar-refractivity contribution in [1.29, 1.82) is 0 Å². The average molecular weight is 459 g/mol. The Bertz CT molecular complexity index is 1040. The Balaban J connectivity index is 1.90. The second-order valence-corrected chi connectivity index (χ2v) is 8.36. The Morgan fingerprint density at radius 2 is 1.53 bits per heavy atom. The highest BCUT2D eigenvalue weighted by molar-refractivity contribution is 5.88. The van der Waals surface area contributed by atoms with E-state index in [0.29, 0.717) is 32.4 Å². The predicted molar refractivity (Wildman–Crippen MR) is 136 cm³/mol. The molecule has 0 saturated heterocycles. The summed E-state index contributed by atoms with van der Waals surface area (Å²) in [6.07, 6.45) is 2.25. The minimum Gasteiger partial charge on any atom is -0.497 e. The second kappa shape index (κ2) is 13.2. The number of amides is 2. The molecule has 0 aliphatic rings. The molecule has 0 unspecified atom stereocenters.